The summed E-state index contributed by atoms with van der Waals surface area (Å²) in [7, 11) is 0. The third kappa shape index (κ3) is 20.4. The molecule has 0 aromatic rings. The van der Waals surface area contributed by atoms with Crippen LogP contribution in [0.15, 0.2) is 60.8 Å². The Balaban J connectivity index is 3.59. The molecule has 0 saturated heterocycles. The fourth-order valence-corrected chi connectivity index (χ4v) is 2.56. The predicted octanol–water partition coefficient (Wildman–Crippen LogP) is 5.49. The van der Waals surface area contributed by atoms with E-state index in [4.69, 9.17) is 5.11 Å². The van der Waals surface area contributed by atoms with Crippen molar-refractivity contribution < 1.29 is 20.1 Å². The van der Waals surface area contributed by atoms with Gasteiger partial charge in [-0.1, -0.05) is 67.7 Å². The molecule has 2 atom stereocenters. The second kappa shape index (κ2) is 19.8. The molecule has 0 aliphatic rings. The third-order valence-electron chi connectivity index (χ3n) is 4.02. The number of hydrogen-bond donors (Lipinski definition) is 3. The second-order valence-corrected chi connectivity index (χ2v) is 6.78. The zero-order valence-electron chi connectivity index (χ0n) is 17.2. The minimum Gasteiger partial charge on any atom is -0.481 e. The highest BCUT2D eigenvalue weighted by Gasteiger charge is 2.14. The summed E-state index contributed by atoms with van der Waals surface area (Å²) in [5.41, 5.74) is 0. The Morgan fingerprint density at radius 3 is 1.68 bits per heavy atom. The molecule has 0 rings (SSSR count). The first-order valence-corrected chi connectivity index (χ1v) is 10.4. The third-order valence-corrected chi connectivity index (χ3v) is 4.02. The first-order chi connectivity index (χ1) is 13.6. The standard InChI is InChI=1S/C24H38O4/c1-2-3-4-5-6-7-8-9-10-11-12-13-14-15-16-17-18-19-22(25)20-23(26)21-24(27)28/h3-4,6-7,9-10,12-13,15-16,22-23,25-26H,2,5,8,11,14,17-21H2,1H3,(H,27,28)/b4-3-,7-6-,10-9-,13-12-,16-15-/t22-,23-/m1/s1. The van der Waals surface area contributed by atoms with Crippen LogP contribution in [-0.2, 0) is 4.79 Å². The van der Waals surface area contributed by atoms with Crippen molar-refractivity contribution in [3.63, 3.8) is 0 Å². The number of carboxylic acid groups (broad SMARTS) is 1. The zero-order valence-corrected chi connectivity index (χ0v) is 17.2. The van der Waals surface area contributed by atoms with E-state index in [-0.39, 0.29) is 12.8 Å². The van der Waals surface area contributed by atoms with Crippen molar-refractivity contribution in [3.8, 4) is 0 Å². The first-order valence-electron chi connectivity index (χ1n) is 10.4. The molecule has 4 nitrogen and oxygen atoms in total. The van der Waals surface area contributed by atoms with Crippen LogP contribution in [0.3, 0.4) is 0 Å². The Kier molecular flexibility index (Phi) is 18.5. The molecular weight excluding hydrogens is 352 g/mol. The van der Waals surface area contributed by atoms with Gasteiger partial charge in [-0.05, 0) is 57.8 Å². The number of aliphatic carboxylic acids is 1. The molecule has 0 aromatic carbocycles. The Morgan fingerprint density at radius 2 is 1.21 bits per heavy atom. The van der Waals surface area contributed by atoms with Gasteiger partial charge in [-0.15, -0.1) is 0 Å². The van der Waals surface area contributed by atoms with E-state index in [0.717, 1.165) is 44.9 Å². The topological polar surface area (TPSA) is 77.8 Å². The summed E-state index contributed by atoms with van der Waals surface area (Å²) < 4.78 is 0. The van der Waals surface area contributed by atoms with Gasteiger partial charge in [0.1, 0.15) is 0 Å². The number of aliphatic hydroxyl groups is 2. The molecule has 0 bridgehead atoms. The van der Waals surface area contributed by atoms with E-state index in [9.17, 15) is 15.0 Å². The van der Waals surface area contributed by atoms with Crippen molar-refractivity contribution >= 4 is 5.97 Å². The Bertz CT molecular complexity index is 515. The van der Waals surface area contributed by atoms with Crippen molar-refractivity contribution in [2.75, 3.05) is 0 Å². The van der Waals surface area contributed by atoms with Gasteiger partial charge in [-0.2, -0.15) is 0 Å². The number of aliphatic hydroxyl groups excluding tert-OH is 2. The smallest absolute Gasteiger partial charge is 0.305 e. The fraction of sp³-hybridized carbons (Fsp3) is 0.542. The highest BCUT2D eigenvalue weighted by Crippen LogP contribution is 2.10. The van der Waals surface area contributed by atoms with Crippen LogP contribution in [0, 0.1) is 0 Å². The molecule has 0 aliphatic heterocycles. The molecule has 0 aromatic heterocycles. The van der Waals surface area contributed by atoms with Crippen molar-refractivity contribution in [1.29, 1.82) is 0 Å². The van der Waals surface area contributed by atoms with Gasteiger partial charge in [0.05, 0.1) is 18.6 Å². The van der Waals surface area contributed by atoms with Crippen molar-refractivity contribution in [2.24, 2.45) is 0 Å². The Labute approximate surface area is 170 Å². The summed E-state index contributed by atoms with van der Waals surface area (Å²) in [5.74, 6) is -1.04. The summed E-state index contributed by atoms with van der Waals surface area (Å²) in [6.45, 7) is 2.14. The minimum absolute atomic E-state index is 0.123. The van der Waals surface area contributed by atoms with E-state index in [1.165, 1.54) is 0 Å². The van der Waals surface area contributed by atoms with E-state index in [2.05, 4.69) is 67.7 Å². The van der Waals surface area contributed by atoms with Crippen LogP contribution < -0.4 is 0 Å². The highest BCUT2D eigenvalue weighted by molar-refractivity contribution is 5.67. The molecule has 0 saturated carbocycles. The van der Waals surface area contributed by atoms with Gasteiger partial charge in [0.2, 0.25) is 0 Å². The van der Waals surface area contributed by atoms with Gasteiger partial charge in [0.15, 0.2) is 0 Å². The van der Waals surface area contributed by atoms with Crippen LogP contribution in [0.25, 0.3) is 0 Å². The molecule has 3 N–H and O–H groups in total. The van der Waals surface area contributed by atoms with Crippen LogP contribution >= 0.6 is 0 Å². The lowest BCUT2D eigenvalue weighted by atomic mass is 10.0. The molecule has 0 fully saturated rings. The van der Waals surface area contributed by atoms with E-state index in [1.54, 1.807) is 0 Å². The number of carboxylic acids is 1. The lowest BCUT2D eigenvalue weighted by Gasteiger charge is -2.13. The number of unbranched alkanes of at least 4 members (excludes halogenated alkanes) is 1. The van der Waals surface area contributed by atoms with Crippen LogP contribution in [0.5, 0.6) is 0 Å². The maximum Gasteiger partial charge on any atom is 0.305 e. The highest BCUT2D eigenvalue weighted by atomic mass is 16.4. The van der Waals surface area contributed by atoms with Gasteiger partial charge in [0, 0.05) is 0 Å². The largest absolute Gasteiger partial charge is 0.481 e. The van der Waals surface area contributed by atoms with Crippen molar-refractivity contribution in [3.05, 3.63) is 60.8 Å². The summed E-state index contributed by atoms with van der Waals surface area (Å²) >= 11 is 0. The van der Waals surface area contributed by atoms with Crippen LogP contribution in [-0.4, -0.2) is 33.5 Å². The molecule has 0 radical (unpaired) electrons. The predicted molar refractivity (Wildman–Crippen MR) is 117 cm³/mol. The van der Waals surface area contributed by atoms with Gasteiger partial charge in [0.25, 0.3) is 0 Å². The normalized spacial score (nSPS) is 15.0. The van der Waals surface area contributed by atoms with Crippen LogP contribution in [0.1, 0.15) is 71.1 Å². The molecular formula is C24H38O4. The van der Waals surface area contributed by atoms with Gasteiger partial charge < -0.3 is 15.3 Å². The molecule has 4 heteroatoms. The first kappa shape index (κ1) is 26.1. The average Bonchev–Trinajstić information content (AvgIpc) is 2.63. The van der Waals surface area contributed by atoms with Gasteiger partial charge >= 0.3 is 5.97 Å². The maximum atomic E-state index is 10.5. The van der Waals surface area contributed by atoms with Gasteiger partial charge in [-0.3, -0.25) is 4.79 Å². The molecule has 0 aliphatic carbocycles. The molecule has 0 amide bonds. The lowest BCUT2D eigenvalue weighted by Crippen LogP contribution is -2.20. The summed E-state index contributed by atoms with van der Waals surface area (Å²) in [5, 5.41) is 27.8. The van der Waals surface area contributed by atoms with Gasteiger partial charge in [-0.25, -0.2) is 0 Å². The van der Waals surface area contributed by atoms with E-state index < -0.39 is 18.2 Å². The molecule has 158 valence electrons. The number of allylic oxidation sites excluding steroid dienone is 10. The average molecular weight is 391 g/mol. The quantitative estimate of drug-likeness (QED) is 0.226. The zero-order chi connectivity index (χ0) is 20.9. The van der Waals surface area contributed by atoms with E-state index in [0.29, 0.717) is 6.42 Å². The maximum absolute atomic E-state index is 10.5. The van der Waals surface area contributed by atoms with Crippen molar-refractivity contribution in [2.45, 2.75) is 83.3 Å². The summed E-state index contributed by atoms with van der Waals surface area (Å²) in [6, 6.07) is 0. The number of carbonyl (C=O) groups is 1. The number of hydrogen-bond acceptors (Lipinski definition) is 3. The van der Waals surface area contributed by atoms with Crippen LogP contribution in [0.2, 0.25) is 0 Å². The van der Waals surface area contributed by atoms with E-state index in [1.807, 2.05) is 0 Å². The summed E-state index contributed by atoms with van der Waals surface area (Å²) in [6.07, 6.45) is 27.0. The Morgan fingerprint density at radius 1 is 0.750 bits per heavy atom. The number of rotatable bonds is 17. The second-order valence-electron chi connectivity index (χ2n) is 6.78. The van der Waals surface area contributed by atoms with Crippen molar-refractivity contribution in [1.82, 2.24) is 0 Å². The lowest BCUT2D eigenvalue weighted by molar-refractivity contribution is -0.139. The monoisotopic (exact) mass is 390 g/mol. The molecule has 0 unspecified atom stereocenters. The molecule has 0 spiro atoms. The molecule has 0 heterocycles. The minimum atomic E-state index is -1.04. The SMILES string of the molecule is CC/C=C\C/C=C\C/C=C\C/C=C\C/C=C\CCC[C@@H](O)C[C@@H](O)CC(=O)O. The molecule has 28 heavy (non-hydrogen) atoms. The van der Waals surface area contributed by atoms with Crippen LogP contribution in [0.4, 0.5) is 0 Å². The fourth-order valence-electron chi connectivity index (χ4n) is 2.56. The van der Waals surface area contributed by atoms with E-state index >= 15 is 0 Å². The Hall–Kier alpha value is -1.91. The summed E-state index contributed by atoms with van der Waals surface area (Å²) in [4.78, 5) is 10.5.